The fourth-order valence-electron chi connectivity index (χ4n) is 7.22. The molecule has 1 saturated heterocycles. The van der Waals surface area contributed by atoms with Crippen molar-refractivity contribution in [1.29, 1.82) is 0 Å². The van der Waals surface area contributed by atoms with Crippen molar-refractivity contribution in [3.8, 4) is 11.5 Å². The molecule has 0 aliphatic carbocycles. The van der Waals surface area contributed by atoms with Crippen LogP contribution in [0.15, 0.2) is 54.8 Å². The Bertz CT molecular complexity index is 2320. The molecule has 0 bridgehead atoms. The van der Waals surface area contributed by atoms with Gasteiger partial charge in [-0.05, 0) is 43.9 Å². The molecule has 0 saturated carbocycles. The number of aliphatic hydroxyl groups is 2. The molecule has 0 spiro atoms. The molecule has 0 unspecified atom stereocenters. The van der Waals surface area contributed by atoms with Gasteiger partial charge in [0.15, 0.2) is 17.7 Å². The average Bonchev–Trinajstić information content (AvgIpc) is 3.96. The molecule has 2 aliphatic heterocycles. The summed E-state index contributed by atoms with van der Waals surface area (Å²) in [6.07, 6.45) is 2.30. The zero-order valence-electron chi connectivity index (χ0n) is 30.4. The molecule has 5 atom stereocenters. The maximum Gasteiger partial charge on any atom is 0.342 e. The van der Waals surface area contributed by atoms with Crippen LogP contribution >= 0.6 is 0 Å². The summed E-state index contributed by atoms with van der Waals surface area (Å²) in [5, 5.41) is 39.3. The third kappa shape index (κ3) is 7.16. The van der Waals surface area contributed by atoms with Crippen molar-refractivity contribution < 1.29 is 43.9 Å². The lowest BCUT2D eigenvalue weighted by atomic mass is 9.94. The van der Waals surface area contributed by atoms with Crippen LogP contribution in [0.25, 0.3) is 22.1 Å². The van der Waals surface area contributed by atoms with E-state index in [-0.39, 0.29) is 55.5 Å². The smallest absolute Gasteiger partial charge is 0.342 e. The summed E-state index contributed by atoms with van der Waals surface area (Å²) < 4.78 is 18.2. The van der Waals surface area contributed by atoms with E-state index < -0.39 is 42.5 Å². The number of ether oxygens (including phenoxy) is 3. The third-order valence-electron chi connectivity index (χ3n) is 10.3. The van der Waals surface area contributed by atoms with Gasteiger partial charge in [0.2, 0.25) is 11.8 Å². The SMILES string of the molecule is COc1c(C)c2c(c(O)c1C/C=C(\C)CCC(=O)N[C@@H](Cc1c[nH]c3ccccc13)C(=O)NC[C@H]1O[C@@H](n3cnc4c(N)ncnc43)[C@H](O)[C@@H]1O)C(=O)OC2. The van der Waals surface area contributed by atoms with E-state index in [1.807, 2.05) is 44.2 Å². The van der Waals surface area contributed by atoms with Crippen molar-refractivity contribution in [2.24, 2.45) is 0 Å². The molecule has 7 rings (SSSR count). The number of H-pyrrole nitrogens is 1. The molecular weight excluding hydrogens is 712 g/mol. The van der Waals surface area contributed by atoms with E-state index in [0.717, 1.165) is 27.6 Å². The molecule has 17 nitrogen and oxygen atoms in total. The number of nitrogens with two attached hydrogens (primary N) is 1. The van der Waals surface area contributed by atoms with E-state index in [1.54, 1.807) is 6.20 Å². The number of amides is 2. The third-order valence-corrected chi connectivity index (χ3v) is 10.3. The number of fused-ring (bicyclic) bond motifs is 3. The number of phenolic OH excluding ortho intramolecular Hbond substituents is 1. The average molecular weight is 755 g/mol. The number of allylic oxidation sites excluding steroid dienone is 2. The Morgan fingerprint density at radius 1 is 1.18 bits per heavy atom. The minimum absolute atomic E-state index is 0.0594. The predicted molar refractivity (Wildman–Crippen MR) is 198 cm³/mol. The summed E-state index contributed by atoms with van der Waals surface area (Å²) in [6.45, 7) is 3.56. The van der Waals surface area contributed by atoms with E-state index in [4.69, 9.17) is 19.9 Å². The molecule has 2 aromatic carbocycles. The highest BCUT2D eigenvalue weighted by molar-refractivity contribution is 5.98. The summed E-state index contributed by atoms with van der Waals surface area (Å²) in [5.41, 5.74) is 11.0. The minimum Gasteiger partial charge on any atom is -0.507 e. The maximum atomic E-state index is 13.8. The van der Waals surface area contributed by atoms with Gasteiger partial charge in [0.25, 0.3) is 0 Å². The number of carbonyl (C=O) groups is 3. The molecule has 5 heterocycles. The molecule has 2 aliphatic rings. The van der Waals surface area contributed by atoms with Crippen LogP contribution < -0.4 is 21.1 Å². The number of carbonyl (C=O) groups excluding carboxylic acids is 3. The Morgan fingerprint density at radius 3 is 2.78 bits per heavy atom. The van der Waals surface area contributed by atoms with Gasteiger partial charge in [0.1, 0.15) is 59.9 Å². The van der Waals surface area contributed by atoms with Crippen molar-refractivity contribution in [1.82, 2.24) is 35.1 Å². The number of benzene rings is 2. The van der Waals surface area contributed by atoms with Crippen LogP contribution in [0, 0.1) is 6.92 Å². The number of methoxy groups -OCH3 is 1. The Morgan fingerprint density at radius 2 is 1.98 bits per heavy atom. The molecular formula is C38H42N8O9. The van der Waals surface area contributed by atoms with E-state index in [1.165, 1.54) is 24.3 Å². The number of nitrogen functional groups attached to an aromatic ring is 1. The van der Waals surface area contributed by atoms with E-state index >= 15 is 0 Å². The fraction of sp³-hybridized carbons (Fsp3) is 0.368. The predicted octanol–water partition coefficient (Wildman–Crippen LogP) is 2.01. The summed E-state index contributed by atoms with van der Waals surface area (Å²) >= 11 is 0. The van der Waals surface area contributed by atoms with Gasteiger partial charge < -0.3 is 50.9 Å². The normalized spacial score (nSPS) is 20.1. The summed E-state index contributed by atoms with van der Waals surface area (Å²) in [4.78, 5) is 55.0. The van der Waals surface area contributed by atoms with Gasteiger partial charge in [0, 0.05) is 47.6 Å². The molecule has 55 heavy (non-hydrogen) atoms. The first kappa shape index (κ1) is 37.3. The van der Waals surface area contributed by atoms with Crippen molar-refractivity contribution >= 4 is 45.7 Å². The number of hydrogen-bond donors (Lipinski definition) is 7. The number of esters is 1. The van der Waals surface area contributed by atoms with E-state index in [0.29, 0.717) is 34.5 Å². The molecule has 1 fully saturated rings. The number of nitrogens with one attached hydrogen (secondary N) is 3. The molecule has 0 radical (unpaired) electrons. The molecule has 3 aromatic heterocycles. The standard InChI is InChI=1S/C38H42N8O9/c1-18(8-10-22-30(48)28-23(15-54-38(28)52)19(2)33(22)53-3)9-11-27(47)45-25(12-20-13-40-24-7-5-4-6-21(20)24)36(51)41-14-26-31(49)32(50)37(55-26)46-17-44-29-34(39)42-16-43-35(29)46/h4-8,13,16-17,25-26,31-32,37,40,48-50H,9-12,14-15H2,1-3H3,(H,41,51)(H,45,47)(H2,39,42,43)/b18-8+/t25-,26+,31+,32+,37+/m0/s1. The van der Waals surface area contributed by atoms with Gasteiger partial charge in [0.05, 0.1) is 13.4 Å². The van der Waals surface area contributed by atoms with Crippen LogP contribution in [0.5, 0.6) is 11.5 Å². The second-order valence-corrected chi connectivity index (χ2v) is 13.7. The number of cyclic esters (lactones) is 1. The molecule has 2 amide bonds. The van der Waals surface area contributed by atoms with Crippen molar-refractivity contribution in [3.63, 3.8) is 0 Å². The van der Waals surface area contributed by atoms with Crippen LogP contribution in [0.1, 0.15) is 58.6 Å². The lowest BCUT2D eigenvalue weighted by Crippen LogP contribution is -2.50. The number of aromatic hydroxyl groups is 1. The van der Waals surface area contributed by atoms with Gasteiger partial charge >= 0.3 is 5.97 Å². The van der Waals surface area contributed by atoms with Gasteiger partial charge in [-0.1, -0.05) is 29.8 Å². The van der Waals surface area contributed by atoms with Gasteiger partial charge in [-0.15, -0.1) is 0 Å². The molecule has 8 N–H and O–H groups in total. The topological polar surface area (TPSA) is 249 Å². The number of nitrogens with zero attached hydrogens (tertiary/aromatic N) is 4. The van der Waals surface area contributed by atoms with Crippen LogP contribution in [0.3, 0.4) is 0 Å². The van der Waals surface area contributed by atoms with Crippen molar-refractivity contribution in [3.05, 3.63) is 82.6 Å². The van der Waals surface area contributed by atoms with Crippen LogP contribution in [-0.2, 0) is 38.5 Å². The molecule has 17 heteroatoms. The highest BCUT2D eigenvalue weighted by Gasteiger charge is 2.44. The number of phenols is 1. The minimum atomic E-state index is -1.37. The van der Waals surface area contributed by atoms with Crippen molar-refractivity contribution in [2.75, 3.05) is 19.4 Å². The number of hydrogen-bond acceptors (Lipinski definition) is 13. The highest BCUT2D eigenvalue weighted by Crippen LogP contribution is 2.42. The summed E-state index contributed by atoms with van der Waals surface area (Å²) in [6, 6.07) is 6.62. The van der Waals surface area contributed by atoms with Gasteiger partial charge in [-0.2, -0.15) is 0 Å². The number of aromatic amines is 1. The first-order chi connectivity index (χ1) is 26.5. The number of aromatic nitrogens is 5. The van der Waals surface area contributed by atoms with Crippen LogP contribution in [0.2, 0.25) is 0 Å². The molecule has 288 valence electrons. The van der Waals surface area contributed by atoms with Crippen LogP contribution in [0.4, 0.5) is 5.82 Å². The maximum absolute atomic E-state index is 13.8. The van der Waals surface area contributed by atoms with Crippen molar-refractivity contribution in [2.45, 2.75) is 76.7 Å². The Hall–Kier alpha value is -6.04. The summed E-state index contributed by atoms with van der Waals surface area (Å²) in [7, 11) is 1.50. The number of rotatable bonds is 13. The van der Waals surface area contributed by atoms with E-state index in [9.17, 15) is 29.7 Å². The lowest BCUT2D eigenvalue weighted by molar-refractivity contribution is -0.129. The second kappa shape index (κ2) is 15.4. The first-order valence-corrected chi connectivity index (χ1v) is 17.8. The number of anilines is 1. The Balaban J connectivity index is 1.02. The Kier molecular flexibility index (Phi) is 10.4. The lowest BCUT2D eigenvalue weighted by Gasteiger charge is -2.21. The molecule has 5 aromatic rings. The van der Waals surface area contributed by atoms with Gasteiger partial charge in [-0.3, -0.25) is 14.2 Å². The number of imidazole rings is 1. The quantitative estimate of drug-likeness (QED) is 0.0672. The summed E-state index contributed by atoms with van der Waals surface area (Å²) in [5.74, 6) is -1.02. The van der Waals surface area contributed by atoms with E-state index in [2.05, 4.69) is 30.6 Å². The van der Waals surface area contributed by atoms with Crippen LogP contribution in [-0.4, -0.2) is 95.6 Å². The first-order valence-electron chi connectivity index (χ1n) is 17.8. The fourth-order valence-corrected chi connectivity index (χ4v) is 7.22. The number of para-hydroxylation sites is 1. The number of aliphatic hydroxyl groups excluding tert-OH is 2. The monoisotopic (exact) mass is 754 g/mol. The Labute approximate surface area is 314 Å². The largest absolute Gasteiger partial charge is 0.507 e. The zero-order chi connectivity index (χ0) is 39.0. The zero-order valence-corrected chi connectivity index (χ0v) is 30.4. The second-order valence-electron chi connectivity index (χ2n) is 13.7. The van der Waals surface area contributed by atoms with Gasteiger partial charge in [-0.25, -0.2) is 19.7 Å². The highest BCUT2D eigenvalue weighted by atomic mass is 16.6.